The van der Waals surface area contributed by atoms with Gasteiger partial charge in [-0.1, -0.05) is 29.8 Å². The molecule has 0 saturated carbocycles. The van der Waals surface area contributed by atoms with Crippen LogP contribution in [0, 0.1) is 13.8 Å². The van der Waals surface area contributed by atoms with Crippen molar-refractivity contribution >= 4 is 44.8 Å². The maximum atomic E-state index is 12.6. The highest BCUT2D eigenvalue weighted by molar-refractivity contribution is 7.21. The van der Waals surface area contributed by atoms with E-state index in [1.807, 2.05) is 31.2 Å². The van der Waals surface area contributed by atoms with Crippen LogP contribution in [0.4, 0.5) is 0 Å². The summed E-state index contributed by atoms with van der Waals surface area (Å²) in [7, 11) is 0. The number of Topliss-reactive ketones (excluding diaryl/α,β-unsaturated/α-hetero) is 1. The lowest BCUT2D eigenvalue weighted by atomic mass is 10.1. The average Bonchev–Trinajstić information content (AvgIpc) is 3.39. The number of aryl methyl sites for hydroxylation is 1. The molecule has 0 aliphatic heterocycles. The first kappa shape index (κ1) is 18.4. The predicted molar refractivity (Wildman–Crippen MR) is 107 cm³/mol. The smallest absolute Gasteiger partial charge is 0.350 e. The number of thiophene rings is 1. The normalized spacial score (nSPS) is 11.1. The third kappa shape index (κ3) is 3.10. The predicted octanol–water partition coefficient (Wildman–Crippen LogP) is 4.12. The van der Waals surface area contributed by atoms with Crippen molar-refractivity contribution in [3.05, 3.63) is 63.5 Å². The summed E-state index contributed by atoms with van der Waals surface area (Å²) in [5.74, 6) is -0.392. The Morgan fingerprint density at radius 1 is 1.29 bits per heavy atom. The van der Waals surface area contributed by atoms with E-state index in [9.17, 15) is 9.59 Å². The molecule has 0 amide bonds. The Kier molecular flexibility index (Phi) is 4.74. The van der Waals surface area contributed by atoms with E-state index < -0.39 is 5.97 Å². The quantitative estimate of drug-likeness (QED) is 0.392. The van der Waals surface area contributed by atoms with Crippen LogP contribution in [0.5, 0.6) is 0 Å². The number of benzene rings is 1. The zero-order valence-electron chi connectivity index (χ0n) is 15.0. The Morgan fingerprint density at radius 2 is 2.07 bits per heavy atom. The molecular weight excluding hydrogens is 400 g/mol. The van der Waals surface area contributed by atoms with E-state index in [4.69, 9.17) is 16.3 Å². The van der Waals surface area contributed by atoms with Gasteiger partial charge in [-0.05, 0) is 26.0 Å². The van der Waals surface area contributed by atoms with Crippen molar-refractivity contribution in [3.63, 3.8) is 0 Å². The van der Waals surface area contributed by atoms with E-state index in [0.29, 0.717) is 27.1 Å². The fourth-order valence-electron chi connectivity index (χ4n) is 3.10. The number of aromatic amines is 1. The molecule has 0 fully saturated rings. The van der Waals surface area contributed by atoms with Crippen LogP contribution in [-0.4, -0.2) is 38.1 Å². The Bertz CT molecular complexity index is 1190. The van der Waals surface area contributed by atoms with E-state index in [1.165, 1.54) is 17.7 Å². The number of fused-ring (bicyclic) bond motifs is 1. The monoisotopic (exact) mass is 414 g/mol. The van der Waals surface area contributed by atoms with Crippen LogP contribution in [0.1, 0.15) is 31.4 Å². The Morgan fingerprint density at radius 3 is 2.79 bits per heavy atom. The highest BCUT2D eigenvalue weighted by Gasteiger charge is 2.22. The summed E-state index contributed by atoms with van der Waals surface area (Å²) >= 11 is 7.54. The summed E-state index contributed by atoms with van der Waals surface area (Å²) in [5, 5.41) is 7.74. The SMILES string of the molecule is Cc1cc(C(=O)COC(=O)c2sc3ccccc3c2Cl)c(C)n1-c1ncn[nH]1. The summed E-state index contributed by atoms with van der Waals surface area (Å²) < 4.78 is 7.91. The summed E-state index contributed by atoms with van der Waals surface area (Å²) in [5.41, 5.74) is 1.97. The summed E-state index contributed by atoms with van der Waals surface area (Å²) in [6.45, 7) is 3.28. The number of carbonyl (C=O) groups is 2. The van der Waals surface area contributed by atoms with Crippen molar-refractivity contribution < 1.29 is 14.3 Å². The van der Waals surface area contributed by atoms with Crippen molar-refractivity contribution in [1.82, 2.24) is 19.7 Å². The minimum Gasteiger partial charge on any atom is -0.453 e. The fourth-order valence-corrected chi connectivity index (χ4v) is 4.50. The molecule has 28 heavy (non-hydrogen) atoms. The van der Waals surface area contributed by atoms with Gasteiger partial charge < -0.3 is 4.74 Å². The van der Waals surface area contributed by atoms with Gasteiger partial charge in [-0.2, -0.15) is 10.1 Å². The lowest BCUT2D eigenvalue weighted by Gasteiger charge is -2.06. The Labute approximate surface area is 168 Å². The molecule has 9 heteroatoms. The first-order chi connectivity index (χ1) is 13.5. The van der Waals surface area contributed by atoms with Crippen LogP contribution in [0.2, 0.25) is 5.02 Å². The van der Waals surface area contributed by atoms with Gasteiger partial charge in [0.2, 0.25) is 11.7 Å². The highest BCUT2D eigenvalue weighted by Crippen LogP contribution is 2.35. The Balaban J connectivity index is 1.52. The number of carbonyl (C=O) groups excluding carboxylic acids is 2. The maximum absolute atomic E-state index is 12.6. The van der Waals surface area contributed by atoms with Gasteiger partial charge in [0.25, 0.3) is 0 Å². The number of hydrogen-bond acceptors (Lipinski definition) is 6. The van der Waals surface area contributed by atoms with Gasteiger partial charge in [-0.25, -0.2) is 9.89 Å². The molecule has 0 saturated heterocycles. The molecule has 0 atom stereocenters. The summed E-state index contributed by atoms with van der Waals surface area (Å²) in [4.78, 5) is 29.5. The molecule has 7 nitrogen and oxygen atoms in total. The van der Waals surface area contributed by atoms with Crippen LogP contribution >= 0.6 is 22.9 Å². The standard InChI is InChI=1S/C19H15ClN4O3S/c1-10-7-13(11(2)24(10)19-21-9-22-23-19)14(25)8-27-18(26)17-16(20)12-5-3-4-6-15(12)28-17/h3-7,9H,8H2,1-2H3,(H,21,22,23). The van der Waals surface area contributed by atoms with Crippen molar-refractivity contribution in [2.75, 3.05) is 6.61 Å². The summed E-state index contributed by atoms with van der Waals surface area (Å²) in [6.07, 6.45) is 1.40. The van der Waals surface area contributed by atoms with Crippen molar-refractivity contribution in [2.45, 2.75) is 13.8 Å². The number of halogens is 1. The molecule has 4 aromatic rings. The lowest BCUT2D eigenvalue weighted by molar-refractivity contribution is 0.0479. The van der Waals surface area contributed by atoms with Gasteiger partial charge in [-0.15, -0.1) is 11.3 Å². The van der Waals surface area contributed by atoms with Crippen molar-refractivity contribution in [3.8, 4) is 5.95 Å². The molecular formula is C19H15ClN4O3S. The largest absolute Gasteiger partial charge is 0.453 e. The van der Waals surface area contributed by atoms with Gasteiger partial charge >= 0.3 is 5.97 Å². The van der Waals surface area contributed by atoms with E-state index in [0.717, 1.165) is 15.8 Å². The fraction of sp³-hybridized carbons (Fsp3) is 0.158. The minimum absolute atomic E-state index is 0.294. The van der Waals surface area contributed by atoms with Gasteiger partial charge in [0, 0.05) is 27.0 Å². The highest BCUT2D eigenvalue weighted by atomic mass is 35.5. The van der Waals surface area contributed by atoms with E-state index >= 15 is 0 Å². The zero-order chi connectivity index (χ0) is 19.8. The first-order valence-electron chi connectivity index (χ1n) is 8.39. The number of aromatic nitrogens is 4. The molecule has 0 spiro atoms. The number of ether oxygens (including phenoxy) is 1. The second-order valence-corrected chi connectivity index (χ2v) is 7.60. The first-order valence-corrected chi connectivity index (χ1v) is 9.59. The topological polar surface area (TPSA) is 89.9 Å². The van der Waals surface area contributed by atoms with E-state index in [2.05, 4.69) is 15.2 Å². The molecule has 142 valence electrons. The van der Waals surface area contributed by atoms with Crippen LogP contribution in [-0.2, 0) is 4.74 Å². The molecule has 3 heterocycles. The van der Waals surface area contributed by atoms with Crippen LogP contribution in [0.25, 0.3) is 16.0 Å². The number of hydrogen-bond donors (Lipinski definition) is 1. The molecule has 4 rings (SSSR count). The number of rotatable bonds is 5. The van der Waals surface area contributed by atoms with Crippen LogP contribution in [0.15, 0.2) is 36.7 Å². The van der Waals surface area contributed by atoms with Crippen LogP contribution < -0.4 is 0 Å². The average molecular weight is 415 g/mol. The number of esters is 1. The lowest BCUT2D eigenvalue weighted by Crippen LogP contribution is -2.14. The zero-order valence-corrected chi connectivity index (χ0v) is 16.6. The number of ketones is 1. The number of H-pyrrole nitrogens is 1. The number of nitrogens with one attached hydrogen (secondary N) is 1. The van der Waals surface area contributed by atoms with E-state index in [1.54, 1.807) is 17.6 Å². The molecule has 1 N–H and O–H groups in total. The van der Waals surface area contributed by atoms with Crippen molar-refractivity contribution in [2.24, 2.45) is 0 Å². The third-order valence-electron chi connectivity index (χ3n) is 4.40. The molecule has 0 unspecified atom stereocenters. The molecule has 3 aromatic heterocycles. The second-order valence-electron chi connectivity index (χ2n) is 6.17. The third-order valence-corrected chi connectivity index (χ3v) is 6.06. The molecule has 1 aromatic carbocycles. The molecule has 0 bridgehead atoms. The van der Waals surface area contributed by atoms with E-state index in [-0.39, 0.29) is 12.4 Å². The maximum Gasteiger partial charge on any atom is 0.350 e. The molecule has 0 aliphatic carbocycles. The van der Waals surface area contributed by atoms with Gasteiger partial charge in [0.05, 0.1) is 5.02 Å². The van der Waals surface area contributed by atoms with Gasteiger partial charge in [0.1, 0.15) is 11.2 Å². The second kappa shape index (κ2) is 7.21. The van der Waals surface area contributed by atoms with Gasteiger partial charge in [0.15, 0.2) is 6.61 Å². The minimum atomic E-state index is -0.608. The number of nitrogens with zero attached hydrogens (tertiary/aromatic N) is 3. The molecule has 0 aliphatic rings. The van der Waals surface area contributed by atoms with Gasteiger partial charge in [-0.3, -0.25) is 9.36 Å². The molecule has 0 radical (unpaired) electrons. The van der Waals surface area contributed by atoms with Crippen LogP contribution in [0.3, 0.4) is 0 Å². The van der Waals surface area contributed by atoms with Crippen molar-refractivity contribution in [1.29, 1.82) is 0 Å². The summed E-state index contributed by atoms with van der Waals surface area (Å²) in [6, 6.07) is 9.18. The Hall–Kier alpha value is -2.97.